The standard InChI is InChI=1S/C14H19N3O2/c1-19-7-6-16-14(18)12(15)8-10-9-17-13-5-3-2-4-11(10)13/h2-5,9,12,17H,6-8,15H2,1H3,(H,16,18)/t12-/m1/s1. The van der Waals surface area contributed by atoms with E-state index < -0.39 is 6.04 Å². The summed E-state index contributed by atoms with van der Waals surface area (Å²) in [6, 6.07) is 7.43. The molecule has 0 aliphatic heterocycles. The zero-order chi connectivity index (χ0) is 13.7. The summed E-state index contributed by atoms with van der Waals surface area (Å²) in [4.78, 5) is 15.0. The lowest BCUT2D eigenvalue weighted by atomic mass is 10.1. The van der Waals surface area contributed by atoms with Crippen molar-refractivity contribution >= 4 is 16.8 Å². The van der Waals surface area contributed by atoms with Gasteiger partial charge in [-0.15, -0.1) is 0 Å². The van der Waals surface area contributed by atoms with Crippen LogP contribution in [0.25, 0.3) is 10.9 Å². The molecule has 0 bridgehead atoms. The topological polar surface area (TPSA) is 80.1 Å². The Labute approximate surface area is 112 Å². The van der Waals surface area contributed by atoms with Crippen LogP contribution in [0.5, 0.6) is 0 Å². The quantitative estimate of drug-likeness (QED) is 0.673. The predicted molar refractivity (Wildman–Crippen MR) is 74.9 cm³/mol. The van der Waals surface area contributed by atoms with Gasteiger partial charge in [0.15, 0.2) is 0 Å². The number of fused-ring (bicyclic) bond motifs is 1. The second-order valence-electron chi connectivity index (χ2n) is 4.45. The predicted octanol–water partition coefficient (Wildman–Crippen LogP) is 0.800. The molecule has 0 unspecified atom stereocenters. The number of hydrogen-bond acceptors (Lipinski definition) is 3. The number of carbonyl (C=O) groups excluding carboxylic acids is 1. The van der Waals surface area contributed by atoms with Crippen molar-refractivity contribution in [3.05, 3.63) is 36.0 Å². The van der Waals surface area contributed by atoms with E-state index in [2.05, 4.69) is 10.3 Å². The van der Waals surface area contributed by atoms with Crippen molar-refractivity contribution in [1.82, 2.24) is 10.3 Å². The smallest absolute Gasteiger partial charge is 0.237 e. The van der Waals surface area contributed by atoms with Crippen molar-refractivity contribution in [2.75, 3.05) is 20.3 Å². The third-order valence-corrected chi connectivity index (χ3v) is 3.06. The van der Waals surface area contributed by atoms with Crippen LogP contribution in [-0.4, -0.2) is 37.2 Å². The highest BCUT2D eigenvalue weighted by Crippen LogP contribution is 2.18. The monoisotopic (exact) mass is 261 g/mol. The minimum atomic E-state index is -0.545. The highest BCUT2D eigenvalue weighted by atomic mass is 16.5. The van der Waals surface area contributed by atoms with Gasteiger partial charge in [-0.2, -0.15) is 0 Å². The molecule has 0 saturated carbocycles. The molecule has 1 atom stereocenters. The molecule has 2 aromatic rings. The van der Waals surface area contributed by atoms with Crippen LogP contribution in [0.15, 0.2) is 30.5 Å². The minimum absolute atomic E-state index is 0.151. The first-order valence-corrected chi connectivity index (χ1v) is 6.29. The molecule has 1 heterocycles. The largest absolute Gasteiger partial charge is 0.383 e. The number of H-pyrrole nitrogens is 1. The highest BCUT2D eigenvalue weighted by Gasteiger charge is 2.15. The Morgan fingerprint density at radius 2 is 2.26 bits per heavy atom. The number of methoxy groups -OCH3 is 1. The van der Waals surface area contributed by atoms with E-state index in [1.54, 1.807) is 7.11 Å². The number of benzene rings is 1. The van der Waals surface area contributed by atoms with Crippen LogP contribution in [0.1, 0.15) is 5.56 Å². The molecule has 1 aromatic carbocycles. The lowest BCUT2D eigenvalue weighted by Gasteiger charge is -2.11. The van der Waals surface area contributed by atoms with Crippen LogP contribution in [0.3, 0.4) is 0 Å². The van der Waals surface area contributed by atoms with E-state index in [0.717, 1.165) is 16.5 Å². The van der Waals surface area contributed by atoms with Crippen molar-refractivity contribution in [3.63, 3.8) is 0 Å². The SMILES string of the molecule is COCCNC(=O)[C@H](N)Cc1c[nH]c2ccccc12. The number of aromatic amines is 1. The summed E-state index contributed by atoms with van der Waals surface area (Å²) in [5.41, 5.74) is 8.03. The van der Waals surface area contributed by atoms with Gasteiger partial charge in [0.05, 0.1) is 12.6 Å². The molecule has 0 saturated heterocycles. The second kappa shape index (κ2) is 6.36. The van der Waals surface area contributed by atoms with Crippen molar-refractivity contribution < 1.29 is 9.53 Å². The number of hydrogen-bond donors (Lipinski definition) is 3. The molecule has 0 aliphatic carbocycles. The van der Waals surface area contributed by atoms with Crippen LogP contribution in [0.4, 0.5) is 0 Å². The summed E-state index contributed by atoms with van der Waals surface area (Å²) < 4.78 is 4.87. The first kappa shape index (κ1) is 13.6. The number of nitrogens with one attached hydrogen (secondary N) is 2. The first-order chi connectivity index (χ1) is 9.22. The average molecular weight is 261 g/mol. The molecule has 1 amide bonds. The van der Waals surface area contributed by atoms with Crippen molar-refractivity contribution in [1.29, 1.82) is 0 Å². The molecule has 0 spiro atoms. The molecule has 2 rings (SSSR count). The van der Waals surface area contributed by atoms with Gasteiger partial charge in [-0.05, 0) is 18.1 Å². The van der Waals surface area contributed by atoms with E-state index in [0.29, 0.717) is 19.6 Å². The van der Waals surface area contributed by atoms with Crippen LogP contribution >= 0.6 is 0 Å². The molecule has 5 heteroatoms. The molecule has 5 nitrogen and oxygen atoms in total. The van der Waals surface area contributed by atoms with E-state index >= 15 is 0 Å². The Balaban J connectivity index is 1.98. The van der Waals surface area contributed by atoms with E-state index in [1.165, 1.54) is 0 Å². The number of carbonyl (C=O) groups is 1. The summed E-state index contributed by atoms with van der Waals surface area (Å²) >= 11 is 0. The molecule has 102 valence electrons. The van der Waals surface area contributed by atoms with E-state index in [-0.39, 0.29) is 5.91 Å². The van der Waals surface area contributed by atoms with Crippen molar-refractivity contribution in [3.8, 4) is 0 Å². The molecular weight excluding hydrogens is 242 g/mol. The number of rotatable bonds is 6. The van der Waals surface area contributed by atoms with Crippen LogP contribution in [0.2, 0.25) is 0 Å². The van der Waals surface area contributed by atoms with Crippen LogP contribution in [0, 0.1) is 0 Å². The zero-order valence-electron chi connectivity index (χ0n) is 11.0. The summed E-state index contributed by atoms with van der Waals surface area (Å²) in [5, 5.41) is 3.86. The van der Waals surface area contributed by atoms with E-state index in [4.69, 9.17) is 10.5 Å². The van der Waals surface area contributed by atoms with Gasteiger partial charge < -0.3 is 20.8 Å². The normalized spacial score (nSPS) is 12.5. The van der Waals surface area contributed by atoms with Crippen LogP contribution < -0.4 is 11.1 Å². The maximum Gasteiger partial charge on any atom is 0.237 e. The summed E-state index contributed by atoms with van der Waals surface area (Å²) in [6.07, 6.45) is 2.43. The lowest BCUT2D eigenvalue weighted by Crippen LogP contribution is -2.43. The van der Waals surface area contributed by atoms with Gasteiger partial charge >= 0.3 is 0 Å². The third-order valence-electron chi connectivity index (χ3n) is 3.06. The fourth-order valence-corrected chi connectivity index (χ4v) is 2.04. The first-order valence-electron chi connectivity index (χ1n) is 6.29. The minimum Gasteiger partial charge on any atom is -0.383 e. The Morgan fingerprint density at radius 1 is 1.47 bits per heavy atom. The van der Waals surface area contributed by atoms with Gasteiger partial charge in [0.25, 0.3) is 0 Å². The van der Waals surface area contributed by atoms with Crippen molar-refractivity contribution in [2.45, 2.75) is 12.5 Å². The Hall–Kier alpha value is -1.85. The molecular formula is C14H19N3O2. The second-order valence-corrected chi connectivity index (χ2v) is 4.45. The molecule has 19 heavy (non-hydrogen) atoms. The fourth-order valence-electron chi connectivity index (χ4n) is 2.04. The number of nitrogens with two attached hydrogens (primary N) is 1. The van der Waals surface area contributed by atoms with Gasteiger partial charge in [-0.1, -0.05) is 18.2 Å². The highest BCUT2D eigenvalue weighted by molar-refractivity contribution is 5.86. The van der Waals surface area contributed by atoms with E-state index in [9.17, 15) is 4.79 Å². The molecule has 0 radical (unpaired) electrons. The number of ether oxygens (including phenoxy) is 1. The lowest BCUT2D eigenvalue weighted by molar-refractivity contribution is -0.122. The molecule has 0 aliphatic rings. The molecule has 4 N–H and O–H groups in total. The third kappa shape index (κ3) is 3.33. The molecule has 1 aromatic heterocycles. The van der Waals surface area contributed by atoms with Gasteiger partial charge in [0, 0.05) is 30.8 Å². The van der Waals surface area contributed by atoms with Gasteiger partial charge in [-0.3, -0.25) is 4.79 Å². The fraction of sp³-hybridized carbons (Fsp3) is 0.357. The number of aromatic nitrogens is 1. The Bertz CT molecular complexity index is 550. The average Bonchev–Trinajstić information content (AvgIpc) is 2.82. The maximum atomic E-state index is 11.8. The van der Waals surface area contributed by atoms with Crippen molar-refractivity contribution in [2.24, 2.45) is 5.73 Å². The number of para-hydroxylation sites is 1. The zero-order valence-corrected chi connectivity index (χ0v) is 11.0. The Morgan fingerprint density at radius 3 is 3.05 bits per heavy atom. The summed E-state index contributed by atoms with van der Waals surface area (Å²) in [5.74, 6) is -0.151. The van der Waals surface area contributed by atoms with Gasteiger partial charge in [0.2, 0.25) is 5.91 Å². The van der Waals surface area contributed by atoms with Gasteiger partial charge in [0.1, 0.15) is 0 Å². The summed E-state index contributed by atoms with van der Waals surface area (Å²) in [6.45, 7) is 0.975. The van der Waals surface area contributed by atoms with E-state index in [1.807, 2.05) is 30.5 Å². The maximum absolute atomic E-state index is 11.8. The van der Waals surface area contributed by atoms with Gasteiger partial charge in [-0.25, -0.2) is 0 Å². The molecule has 0 fully saturated rings. The Kier molecular flexibility index (Phi) is 4.54. The van der Waals surface area contributed by atoms with Crippen LogP contribution in [-0.2, 0) is 16.0 Å². The summed E-state index contributed by atoms with van der Waals surface area (Å²) in [7, 11) is 1.60. The number of amides is 1.